The average molecular weight is 296 g/mol. The van der Waals surface area contributed by atoms with E-state index in [0.29, 0.717) is 11.1 Å². The van der Waals surface area contributed by atoms with Crippen molar-refractivity contribution in [2.75, 3.05) is 5.75 Å². The molecular weight excluding hydrogens is 280 g/mol. The predicted molar refractivity (Wildman–Crippen MR) is 85.3 cm³/mol. The second-order valence-electron chi connectivity index (χ2n) is 4.83. The molecule has 0 bridgehead atoms. The molecule has 0 unspecified atom stereocenters. The van der Waals surface area contributed by atoms with Gasteiger partial charge in [0.2, 0.25) is 5.89 Å². The highest BCUT2D eigenvalue weighted by Crippen LogP contribution is 2.24. The third-order valence-corrected chi connectivity index (χ3v) is 3.95. The molecule has 0 radical (unpaired) electrons. The van der Waals surface area contributed by atoms with Gasteiger partial charge >= 0.3 is 0 Å². The fourth-order valence-corrected chi connectivity index (χ4v) is 2.81. The van der Waals surface area contributed by atoms with E-state index in [4.69, 9.17) is 4.42 Å². The zero-order chi connectivity index (χ0) is 14.5. The van der Waals surface area contributed by atoms with Crippen LogP contribution in [0.2, 0.25) is 0 Å². The van der Waals surface area contributed by atoms with Gasteiger partial charge in [-0.2, -0.15) is 0 Å². The summed E-state index contributed by atoms with van der Waals surface area (Å²) in [6, 6.07) is 18.5. The van der Waals surface area contributed by atoms with Gasteiger partial charge in [0.15, 0.2) is 0 Å². The van der Waals surface area contributed by atoms with E-state index >= 15 is 0 Å². The van der Waals surface area contributed by atoms with Crippen LogP contribution in [0.4, 0.5) is 0 Å². The minimum atomic E-state index is 0.584. The Bertz CT molecular complexity index is 710. The summed E-state index contributed by atoms with van der Waals surface area (Å²) >= 11 is 1.59. The number of aryl methyl sites for hydroxylation is 2. The first-order chi connectivity index (χ1) is 10.3. The highest BCUT2D eigenvalue weighted by Gasteiger charge is 2.08. The van der Waals surface area contributed by atoms with Crippen molar-refractivity contribution in [3.63, 3.8) is 0 Å². The molecule has 1 aromatic heterocycles. The zero-order valence-electron chi connectivity index (χ0n) is 11.8. The van der Waals surface area contributed by atoms with Gasteiger partial charge in [-0.1, -0.05) is 59.8 Å². The largest absolute Gasteiger partial charge is 0.411 e. The summed E-state index contributed by atoms with van der Waals surface area (Å²) in [5.41, 5.74) is 3.48. The van der Waals surface area contributed by atoms with Crippen molar-refractivity contribution in [3.05, 3.63) is 65.7 Å². The number of aromatic nitrogens is 2. The fourth-order valence-electron chi connectivity index (χ4n) is 2.06. The van der Waals surface area contributed by atoms with Gasteiger partial charge in [0.1, 0.15) is 0 Å². The summed E-state index contributed by atoms with van der Waals surface area (Å²) in [7, 11) is 0. The maximum Gasteiger partial charge on any atom is 0.276 e. The van der Waals surface area contributed by atoms with Gasteiger partial charge in [-0.15, -0.1) is 10.2 Å². The lowest BCUT2D eigenvalue weighted by atomic mass is 10.1. The number of hydrogen-bond donors (Lipinski definition) is 0. The molecule has 0 aliphatic heterocycles. The van der Waals surface area contributed by atoms with Crippen LogP contribution in [-0.2, 0) is 6.42 Å². The number of hydrogen-bond acceptors (Lipinski definition) is 4. The van der Waals surface area contributed by atoms with Gasteiger partial charge in [-0.05, 0) is 31.0 Å². The Labute approximate surface area is 128 Å². The van der Waals surface area contributed by atoms with Crippen LogP contribution in [0, 0.1) is 6.92 Å². The van der Waals surface area contributed by atoms with Crippen molar-refractivity contribution in [3.8, 4) is 11.5 Å². The van der Waals surface area contributed by atoms with Crippen molar-refractivity contribution in [2.45, 2.75) is 18.6 Å². The molecule has 3 aromatic rings. The minimum absolute atomic E-state index is 0.584. The van der Waals surface area contributed by atoms with Crippen LogP contribution in [0.1, 0.15) is 11.1 Å². The van der Waals surface area contributed by atoms with Gasteiger partial charge in [0.05, 0.1) is 0 Å². The summed E-state index contributed by atoms with van der Waals surface area (Å²) in [6.45, 7) is 2.05. The van der Waals surface area contributed by atoms with E-state index in [2.05, 4.69) is 47.5 Å². The quantitative estimate of drug-likeness (QED) is 0.655. The molecule has 0 atom stereocenters. The van der Waals surface area contributed by atoms with E-state index in [1.54, 1.807) is 11.8 Å². The monoisotopic (exact) mass is 296 g/mol. The number of thioether (sulfide) groups is 1. The fraction of sp³-hybridized carbons (Fsp3) is 0.176. The molecule has 0 spiro atoms. The van der Waals surface area contributed by atoms with E-state index in [1.807, 2.05) is 24.3 Å². The smallest absolute Gasteiger partial charge is 0.276 e. The zero-order valence-corrected chi connectivity index (χ0v) is 12.6. The van der Waals surface area contributed by atoms with E-state index in [9.17, 15) is 0 Å². The van der Waals surface area contributed by atoms with Crippen LogP contribution in [-0.4, -0.2) is 16.0 Å². The van der Waals surface area contributed by atoms with Crippen molar-refractivity contribution in [1.29, 1.82) is 0 Å². The van der Waals surface area contributed by atoms with Crippen molar-refractivity contribution in [2.24, 2.45) is 0 Å². The van der Waals surface area contributed by atoms with E-state index in [-0.39, 0.29) is 0 Å². The molecule has 4 heteroatoms. The highest BCUT2D eigenvalue weighted by molar-refractivity contribution is 7.99. The van der Waals surface area contributed by atoms with Crippen LogP contribution >= 0.6 is 11.8 Å². The summed E-state index contributed by atoms with van der Waals surface area (Å²) in [5, 5.41) is 8.84. The molecule has 2 aromatic carbocycles. The third kappa shape index (κ3) is 3.73. The Morgan fingerprint density at radius 2 is 1.86 bits per heavy atom. The predicted octanol–water partition coefficient (Wildman–Crippen LogP) is 4.38. The van der Waals surface area contributed by atoms with E-state index in [1.165, 1.54) is 11.1 Å². The number of nitrogens with zero attached hydrogens (tertiary/aromatic N) is 2. The Morgan fingerprint density at radius 3 is 2.67 bits per heavy atom. The molecule has 3 nitrogen and oxygen atoms in total. The van der Waals surface area contributed by atoms with Crippen LogP contribution in [0.3, 0.4) is 0 Å². The SMILES string of the molecule is Cc1cccc(-c2nnc(SCCc3ccccc3)o2)c1. The Morgan fingerprint density at radius 1 is 1.00 bits per heavy atom. The average Bonchev–Trinajstić information content (AvgIpc) is 2.97. The Hall–Kier alpha value is -2.07. The molecular formula is C17H16N2OS. The van der Waals surface area contributed by atoms with Gasteiger partial charge in [0, 0.05) is 11.3 Å². The summed E-state index contributed by atoms with van der Waals surface area (Å²) in [5.74, 6) is 1.51. The molecule has 0 aliphatic carbocycles. The molecule has 0 amide bonds. The van der Waals surface area contributed by atoms with E-state index < -0.39 is 0 Å². The third-order valence-electron chi connectivity index (χ3n) is 3.13. The Kier molecular flexibility index (Phi) is 4.36. The normalized spacial score (nSPS) is 10.7. The molecule has 0 saturated heterocycles. The second kappa shape index (κ2) is 6.59. The lowest BCUT2D eigenvalue weighted by molar-refractivity contribution is 0.466. The summed E-state index contributed by atoms with van der Waals surface area (Å²) < 4.78 is 5.70. The van der Waals surface area contributed by atoms with Gasteiger partial charge < -0.3 is 4.42 Å². The first-order valence-corrected chi connectivity index (χ1v) is 7.87. The molecule has 0 saturated carbocycles. The maximum absolute atomic E-state index is 5.70. The van der Waals surface area contributed by atoms with Gasteiger partial charge in [-0.3, -0.25) is 0 Å². The van der Waals surface area contributed by atoms with Gasteiger partial charge in [0.25, 0.3) is 5.22 Å². The van der Waals surface area contributed by atoms with Crippen molar-refractivity contribution >= 4 is 11.8 Å². The second-order valence-corrected chi connectivity index (χ2v) is 5.87. The first-order valence-electron chi connectivity index (χ1n) is 6.88. The van der Waals surface area contributed by atoms with Crippen LogP contribution < -0.4 is 0 Å². The van der Waals surface area contributed by atoms with Crippen LogP contribution in [0.5, 0.6) is 0 Å². The summed E-state index contributed by atoms with van der Waals surface area (Å²) in [6.07, 6.45) is 0.994. The van der Waals surface area contributed by atoms with Crippen LogP contribution in [0.25, 0.3) is 11.5 Å². The molecule has 0 N–H and O–H groups in total. The lowest BCUT2D eigenvalue weighted by Gasteiger charge is -1.98. The first kappa shape index (κ1) is 13.9. The maximum atomic E-state index is 5.70. The highest BCUT2D eigenvalue weighted by atomic mass is 32.2. The van der Waals surface area contributed by atoms with Crippen molar-refractivity contribution < 1.29 is 4.42 Å². The summed E-state index contributed by atoms with van der Waals surface area (Å²) in [4.78, 5) is 0. The molecule has 3 rings (SSSR count). The molecule has 0 fully saturated rings. The molecule has 1 heterocycles. The van der Waals surface area contributed by atoms with Gasteiger partial charge in [-0.25, -0.2) is 0 Å². The standard InChI is InChI=1S/C17H16N2OS/c1-13-6-5-9-15(12-13)16-18-19-17(20-16)21-11-10-14-7-3-2-4-8-14/h2-9,12H,10-11H2,1H3. The Balaban J connectivity index is 1.60. The van der Waals surface area contributed by atoms with Crippen LogP contribution in [0.15, 0.2) is 64.2 Å². The number of benzene rings is 2. The molecule has 106 valence electrons. The topological polar surface area (TPSA) is 38.9 Å². The number of rotatable bonds is 5. The lowest BCUT2D eigenvalue weighted by Crippen LogP contribution is -1.87. The molecule has 0 aliphatic rings. The minimum Gasteiger partial charge on any atom is -0.411 e. The van der Waals surface area contributed by atoms with E-state index in [0.717, 1.165) is 17.7 Å². The molecule has 21 heavy (non-hydrogen) atoms. The van der Waals surface area contributed by atoms with Crippen molar-refractivity contribution in [1.82, 2.24) is 10.2 Å².